The quantitative estimate of drug-likeness (QED) is 0.837. The highest BCUT2D eigenvalue weighted by Gasteiger charge is 2.09. The van der Waals surface area contributed by atoms with E-state index < -0.39 is 0 Å². The van der Waals surface area contributed by atoms with Crippen LogP contribution in [-0.2, 0) is 12.8 Å². The summed E-state index contributed by atoms with van der Waals surface area (Å²) < 4.78 is 0. The molecule has 88 valence electrons. The molecule has 1 aromatic heterocycles. The van der Waals surface area contributed by atoms with E-state index in [1.54, 1.807) is 0 Å². The van der Waals surface area contributed by atoms with Gasteiger partial charge in [0.1, 0.15) is 0 Å². The molecule has 0 aliphatic rings. The van der Waals surface area contributed by atoms with E-state index in [2.05, 4.69) is 9.97 Å². The molecule has 17 heavy (non-hydrogen) atoms. The molecule has 0 saturated heterocycles. The first-order valence-electron chi connectivity index (χ1n) is 5.62. The molecule has 2 rings (SSSR count). The van der Waals surface area contributed by atoms with Gasteiger partial charge in [0.25, 0.3) is 5.56 Å². The van der Waals surface area contributed by atoms with Gasteiger partial charge in [0.15, 0.2) is 0 Å². The summed E-state index contributed by atoms with van der Waals surface area (Å²) in [5.41, 5.74) is 7.96. The molecule has 0 saturated carbocycles. The lowest BCUT2D eigenvalue weighted by atomic mass is 10.0. The van der Waals surface area contributed by atoms with Crippen molar-refractivity contribution in [3.63, 3.8) is 0 Å². The molecule has 0 aliphatic heterocycles. The Morgan fingerprint density at radius 2 is 2.00 bits per heavy atom. The van der Waals surface area contributed by atoms with Crippen LogP contribution in [0.25, 0.3) is 0 Å². The van der Waals surface area contributed by atoms with E-state index in [0.29, 0.717) is 18.4 Å². The van der Waals surface area contributed by atoms with Crippen molar-refractivity contribution < 1.29 is 0 Å². The van der Waals surface area contributed by atoms with Gasteiger partial charge in [0, 0.05) is 12.0 Å². The van der Waals surface area contributed by atoms with E-state index in [1.807, 2.05) is 37.3 Å². The molecule has 1 aromatic carbocycles. The van der Waals surface area contributed by atoms with E-state index in [1.165, 1.54) is 0 Å². The molecule has 0 unspecified atom stereocenters. The number of nitrogens with one attached hydrogen (secondary N) is 1. The fraction of sp³-hybridized carbons (Fsp3) is 0.231. The monoisotopic (exact) mass is 229 g/mol. The minimum absolute atomic E-state index is 0.141. The van der Waals surface area contributed by atoms with Crippen molar-refractivity contribution in [1.29, 1.82) is 0 Å². The van der Waals surface area contributed by atoms with Crippen molar-refractivity contribution in [3.05, 3.63) is 57.5 Å². The number of rotatable bonds is 3. The summed E-state index contributed by atoms with van der Waals surface area (Å²) in [5.74, 6) is 0.184. The van der Waals surface area contributed by atoms with Gasteiger partial charge in [-0.2, -0.15) is 0 Å². The standard InChI is InChI=1S/C13H15N3O/c1-2-11-10(12(17)16-13(14)15-11)8-9-6-4-3-5-7-9/h3-7H,2,8H2,1H3,(H3,14,15,16,17). The maximum absolute atomic E-state index is 11.8. The molecular formula is C13H15N3O. The van der Waals surface area contributed by atoms with Gasteiger partial charge in [0.05, 0.1) is 5.69 Å². The van der Waals surface area contributed by atoms with E-state index in [4.69, 9.17) is 5.73 Å². The average molecular weight is 229 g/mol. The third-order valence-corrected chi connectivity index (χ3v) is 2.68. The van der Waals surface area contributed by atoms with Crippen molar-refractivity contribution in [2.75, 3.05) is 5.73 Å². The van der Waals surface area contributed by atoms with E-state index in [-0.39, 0.29) is 11.5 Å². The first-order chi connectivity index (χ1) is 8.20. The summed E-state index contributed by atoms with van der Waals surface area (Å²) in [5, 5.41) is 0. The van der Waals surface area contributed by atoms with Crippen molar-refractivity contribution in [3.8, 4) is 0 Å². The van der Waals surface area contributed by atoms with E-state index in [0.717, 1.165) is 11.3 Å². The first kappa shape index (κ1) is 11.4. The maximum Gasteiger partial charge on any atom is 0.256 e. The Hall–Kier alpha value is -2.10. The molecule has 0 radical (unpaired) electrons. The molecule has 2 aromatic rings. The minimum Gasteiger partial charge on any atom is -0.369 e. The van der Waals surface area contributed by atoms with Gasteiger partial charge in [-0.1, -0.05) is 37.3 Å². The highest BCUT2D eigenvalue weighted by molar-refractivity contribution is 5.30. The van der Waals surface area contributed by atoms with Crippen LogP contribution in [0.2, 0.25) is 0 Å². The average Bonchev–Trinajstić information content (AvgIpc) is 2.33. The number of hydrogen-bond acceptors (Lipinski definition) is 3. The Labute approximate surface area is 99.5 Å². The summed E-state index contributed by atoms with van der Waals surface area (Å²) in [4.78, 5) is 18.6. The number of nitrogen functional groups attached to an aromatic ring is 1. The first-order valence-corrected chi connectivity index (χ1v) is 5.62. The zero-order valence-electron chi connectivity index (χ0n) is 9.73. The molecule has 4 heteroatoms. The van der Waals surface area contributed by atoms with Crippen LogP contribution in [0, 0.1) is 0 Å². The normalized spacial score (nSPS) is 10.4. The fourth-order valence-electron chi connectivity index (χ4n) is 1.84. The van der Waals surface area contributed by atoms with Crippen LogP contribution in [0.4, 0.5) is 5.95 Å². The molecule has 0 spiro atoms. The molecule has 3 N–H and O–H groups in total. The van der Waals surface area contributed by atoms with Crippen molar-refractivity contribution in [1.82, 2.24) is 9.97 Å². The molecule has 0 amide bonds. The Bertz CT molecular complexity index is 561. The van der Waals surface area contributed by atoms with Gasteiger partial charge in [-0.05, 0) is 12.0 Å². The van der Waals surface area contributed by atoms with Crippen LogP contribution in [0.1, 0.15) is 23.7 Å². The summed E-state index contributed by atoms with van der Waals surface area (Å²) in [6.07, 6.45) is 1.29. The topological polar surface area (TPSA) is 71.8 Å². The van der Waals surface area contributed by atoms with E-state index in [9.17, 15) is 4.79 Å². The second-order valence-electron chi connectivity index (χ2n) is 3.89. The van der Waals surface area contributed by atoms with Crippen LogP contribution in [0.15, 0.2) is 35.1 Å². The zero-order valence-corrected chi connectivity index (χ0v) is 9.73. The van der Waals surface area contributed by atoms with Gasteiger partial charge in [-0.25, -0.2) is 4.98 Å². The number of H-pyrrole nitrogens is 1. The molecule has 0 bridgehead atoms. The summed E-state index contributed by atoms with van der Waals surface area (Å²) >= 11 is 0. The van der Waals surface area contributed by atoms with Gasteiger partial charge < -0.3 is 5.73 Å². The third kappa shape index (κ3) is 2.53. The number of anilines is 1. The van der Waals surface area contributed by atoms with Gasteiger partial charge in [-0.15, -0.1) is 0 Å². The smallest absolute Gasteiger partial charge is 0.256 e. The molecular weight excluding hydrogens is 214 g/mol. The summed E-state index contributed by atoms with van der Waals surface area (Å²) in [6, 6.07) is 9.86. The van der Waals surface area contributed by atoms with Crippen molar-refractivity contribution >= 4 is 5.95 Å². The number of nitrogens with zero attached hydrogens (tertiary/aromatic N) is 1. The van der Waals surface area contributed by atoms with Crippen LogP contribution in [0.3, 0.4) is 0 Å². The van der Waals surface area contributed by atoms with Crippen molar-refractivity contribution in [2.45, 2.75) is 19.8 Å². The largest absolute Gasteiger partial charge is 0.369 e. The number of aromatic amines is 1. The second kappa shape index (κ2) is 4.82. The Morgan fingerprint density at radius 1 is 1.29 bits per heavy atom. The Balaban J connectivity index is 2.42. The van der Waals surface area contributed by atoms with Crippen LogP contribution in [0.5, 0.6) is 0 Å². The minimum atomic E-state index is -0.141. The van der Waals surface area contributed by atoms with E-state index >= 15 is 0 Å². The second-order valence-corrected chi connectivity index (χ2v) is 3.89. The highest BCUT2D eigenvalue weighted by Crippen LogP contribution is 2.10. The third-order valence-electron chi connectivity index (χ3n) is 2.68. The number of hydrogen-bond donors (Lipinski definition) is 2. The fourth-order valence-corrected chi connectivity index (χ4v) is 1.84. The number of benzene rings is 1. The Morgan fingerprint density at radius 3 is 2.65 bits per heavy atom. The lowest BCUT2D eigenvalue weighted by Gasteiger charge is -2.06. The number of nitrogens with two attached hydrogens (primary N) is 1. The number of aryl methyl sites for hydroxylation is 1. The summed E-state index contributed by atoms with van der Waals surface area (Å²) in [6.45, 7) is 1.97. The van der Waals surface area contributed by atoms with Crippen LogP contribution >= 0.6 is 0 Å². The highest BCUT2D eigenvalue weighted by atomic mass is 16.1. The number of aromatic nitrogens is 2. The molecule has 0 aliphatic carbocycles. The van der Waals surface area contributed by atoms with Crippen LogP contribution < -0.4 is 11.3 Å². The van der Waals surface area contributed by atoms with Crippen LogP contribution in [-0.4, -0.2) is 9.97 Å². The molecule has 1 heterocycles. The molecule has 4 nitrogen and oxygen atoms in total. The van der Waals surface area contributed by atoms with Gasteiger partial charge in [-0.3, -0.25) is 9.78 Å². The Kier molecular flexibility index (Phi) is 3.23. The maximum atomic E-state index is 11.8. The molecule has 0 fully saturated rings. The van der Waals surface area contributed by atoms with Gasteiger partial charge in [0.2, 0.25) is 5.95 Å². The lowest BCUT2D eigenvalue weighted by Crippen LogP contribution is -2.19. The SMILES string of the molecule is CCc1nc(N)[nH]c(=O)c1Cc1ccccc1. The predicted octanol–water partition coefficient (Wildman–Crippen LogP) is 1.51. The van der Waals surface area contributed by atoms with Crippen molar-refractivity contribution in [2.24, 2.45) is 0 Å². The zero-order chi connectivity index (χ0) is 12.3. The molecule has 0 atom stereocenters. The lowest BCUT2D eigenvalue weighted by molar-refractivity contribution is 0.929. The predicted molar refractivity (Wildman–Crippen MR) is 67.9 cm³/mol. The summed E-state index contributed by atoms with van der Waals surface area (Å²) in [7, 11) is 0. The van der Waals surface area contributed by atoms with Gasteiger partial charge >= 0.3 is 0 Å².